The number of benzene rings is 1. The maximum absolute atomic E-state index is 12.1. The molecule has 3 aromatic rings. The fraction of sp³-hybridized carbons (Fsp3) is 0.118. The van der Waals surface area contributed by atoms with E-state index in [0.717, 1.165) is 16.6 Å². The third kappa shape index (κ3) is 4.78. The number of amides is 1. The second kappa shape index (κ2) is 8.56. The zero-order valence-electron chi connectivity index (χ0n) is 13.8. The molecule has 2 heterocycles. The Bertz CT molecular complexity index is 948. The molecule has 0 aliphatic carbocycles. The molecule has 8 nitrogen and oxygen atoms in total. The molecule has 0 aliphatic rings. The van der Waals surface area contributed by atoms with E-state index in [4.69, 9.17) is 16.3 Å². The molecular weight excluding hydrogens is 392 g/mol. The minimum atomic E-state index is -0.589. The Labute approximate surface area is 162 Å². The standard InChI is InChI=1S/C17H13ClN4O4S/c18-13-4-3-11(22(24)25)10-12(13)17(23)19-7-8-26-16-6-5-14(20-21-16)15-2-1-9-27-15/h1-6,9-10H,7-8H2,(H,19,23). The van der Waals surface area contributed by atoms with Gasteiger partial charge in [-0.3, -0.25) is 14.9 Å². The van der Waals surface area contributed by atoms with E-state index in [0.29, 0.717) is 5.88 Å². The van der Waals surface area contributed by atoms with Crippen molar-refractivity contribution in [3.63, 3.8) is 0 Å². The van der Waals surface area contributed by atoms with Crippen LogP contribution in [0.1, 0.15) is 10.4 Å². The Hall–Kier alpha value is -3.04. The number of thiophene rings is 1. The summed E-state index contributed by atoms with van der Waals surface area (Å²) in [4.78, 5) is 23.3. The van der Waals surface area contributed by atoms with E-state index < -0.39 is 10.8 Å². The summed E-state index contributed by atoms with van der Waals surface area (Å²) in [6.45, 7) is 0.331. The number of halogens is 1. The second-order valence-electron chi connectivity index (χ2n) is 5.26. The van der Waals surface area contributed by atoms with Gasteiger partial charge < -0.3 is 10.1 Å². The third-order valence-electron chi connectivity index (χ3n) is 3.46. The summed E-state index contributed by atoms with van der Waals surface area (Å²) >= 11 is 7.49. The average Bonchev–Trinajstić information content (AvgIpc) is 3.20. The molecule has 1 amide bonds. The highest BCUT2D eigenvalue weighted by atomic mass is 35.5. The summed E-state index contributed by atoms with van der Waals surface area (Å²) in [7, 11) is 0. The van der Waals surface area contributed by atoms with E-state index in [1.54, 1.807) is 23.5 Å². The molecule has 0 spiro atoms. The summed E-state index contributed by atoms with van der Waals surface area (Å²) in [6.07, 6.45) is 0. The number of carbonyl (C=O) groups excluding carboxylic acids is 1. The van der Waals surface area contributed by atoms with Crippen LogP contribution in [0.25, 0.3) is 10.6 Å². The number of nitro groups is 1. The molecule has 27 heavy (non-hydrogen) atoms. The van der Waals surface area contributed by atoms with E-state index >= 15 is 0 Å². The van der Waals surface area contributed by atoms with Crippen LogP contribution >= 0.6 is 22.9 Å². The molecule has 0 atom stereocenters. The van der Waals surface area contributed by atoms with Crippen molar-refractivity contribution < 1.29 is 14.5 Å². The number of aromatic nitrogens is 2. The number of hydrogen-bond acceptors (Lipinski definition) is 7. The number of hydrogen-bond donors (Lipinski definition) is 1. The first-order valence-electron chi connectivity index (χ1n) is 7.77. The van der Waals surface area contributed by atoms with Gasteiger partial charge in [-0.15, -0.1) is 21.5 Å². The second-order valence-corrected chi connectivity index (χ2v) is 6.61. The van der Waals surface area contributed by atoms with E-state index in [1.807, 2.05) is 17.5 Å². The van der Waals surface area contributed by atoms with Crippen LogP contribution in [0.2, 0.25) is 5.02 Å². The lowest BCUT2D eigenvalue weighted by molar-refractivity contribution is -0.384. The van der Waals surface area contributed by atoms with Crippen molar-refractivity contribution in [2.45, 2.75) is 0 Å². The molecule has 3 rings (SSSR count). The molecule has 0 unspecified atom stereocenters. The van der Waals surface area contributed by atoms with E-state index in [9.17, 15) is 14.9 Å². The summed E-state index contributed by atoms with van der Waals surface area (Å²) in [5.74, 6) is -0.190. The van der Waals surface area contributed by atoms with Gasteiger partial charge in [-0.25, -0.2) is 0 Å². The number of ether oxygens (including phenoxy) is 1. The highest BCUT2D eigenvalue weighted by Gasteiger charge is 2.15. The van der Waals surface area contributed by atoms with Crippen molar-refractivity contribution in [3.05, 3.63) is 68.5 Å². The Morgan fingerprint density at radius 3 is 2.78 bits per heavy atom. The number of carbonyl (C=O) groups is 1. The van der Waals surface area contributed by atoms with Crippen LogP contribution in [0.15, 0.2) is 47.8 Å². The Kier molecular flexibility index (Phi) is 5.94. The first-order valence-corrected chi connectivity index (χ1v) is 9.03. The maximum Gasteiger partial charge on any atom is 0.270 e. The summed E-state index contributed by atoms with van der Waals surface area (Å²) in [6, 6.07) is 11.1. The van der Waals surface area contributed by atoms with Crippen LogP contribution in [-0.4, -0.2) is 34.2 Å². The molecule has 0 saturated heterocycles. The van der Waals surface area contributed by atoms with Crippen molar-refractivity contribution >= 4 is 34.5 Å². The highest BCUT2D eigenvalue weighted by molar-refractivity contribution is 7.13. The molecule has 0 fully saturated rings. The van der Waals surface area contributed by atoms with Crippen LogP contribution in [0.3, 0.4) is 0 Å². The molecule has 0 aliphatic heterocycles. The van der Waals surface area contributed by atoms with Gasteiger partial charge in [0.2, 0.25) is 5.88 Å². The lowest BCUT2D eigenvalue weighted by atomic mass is 10.2. The van der Waals surface area contributed by atoms with Gasteiger partial charge in [-0.05, 0) is 23.6 Å². The Balaban J connectivity index is 1.51. The van der Waals surface area contributed by atoms with E-state index in [-0.39, 0.29) is 29.4 Å². The molecule has 0 bridgehead atoms. The van der Waals surface area contributed by atoms with Crippen LogP contribution in [0.4, 0.5) is 5.69 Å². The quantitative estimate of drug-likeness (QED) is 0.366. The average molecular weight is 405 g/mol. The molecule has 138 valence electrons. The fourth-order valence-corrected chi connectivity index (χ4v) is 3.06. The Morgan fingerprint density at radius 1 is 1.26 bits per heavy atom. The first-order chi connectivity index (χ1) is 13.0. The van der Waals surface area contributed by atoms with Crippen molar-refractivity contribution in [1.82, 2.24) is 15.5 Å². The van der Waals surface area contributed by atoms with Crippen LogP contribution in [-0.2, 0) is 0 Å². The number of nitrogens with zero attached hydrogens (tertiary/aromatic N) is 3. The van der Waals surface area contributed by atoms with Gasteiger partial charge in [0.05, 0.1) is 26.9 Å². The zero-order valence-corrected chi connectivity index (χ0v) is 15.4. The number of nitrogens with one attached hydrogen (secondary N) is 1. The smallest absolute Gasteiger partial charge is 0.270 e. The zero-order chi connectivity index (χ0) is 19.2. The van der Waals surface area contributed by atoms with Crippen LogP contribution in [0, 0.1) is 10.1 Å². The normalized spacial score (nSPS) is 10.4. The van der Waals surface area contributed by atoms with E-state index in [2.05, 4.69) is 15.5 Å². The van der Waals surface area contributed by atoms with Gasteiger partial charge in [0.1, 0.15) is 12.3 Å². The molecule has 1 N–H and O–H groups in total. The molecule has 2 aromatic heterocycles. The van der Waals surface area contributed by atoms with Gasteiger partial charge in [-0.1, -0.05) is 17.7 Å². The topological polar surface area (TPSA) is 107 Å². The highest BCUT2D eigenvalue weighted by Crippen LogP contribution is 2.23. The first kappa shape index (κ1) is 18.7. The van der Waals surface area contributed by atoms with Crippen molar-refractivity contribution in [3.8, 4) is 16.5 Å². The van der Waals surface area contributed by atoms with Gasteiger partial charge in [0, 0.05) is 18.2 Å². The van der Waals surface area contributed by atoms with Gasteiger partial charge in [0.15, 0.2) is 0 Å². The lowest BCUT2D eigenvalue weighted by Gasteiger charge is -2.08. The fourth-order valence-electron chi connectivity index (χ4n) is 2.17. The number of nitro benzene ring substituents is 1. The van der Waals surface area contributed by atoms with Gasteiger partial charge in [-0.2, -0.15) is 0 Å². The van der Waals surface area contributed by atoms with Crippen LogP contribution < -0.4 is 10.1 Å². The van der Waals surface area contributed by atoms with Crippen LogP contribution in [0.5, 0.6) is 5.88 Å². The predicted octanol–water partition coefficient (Wildman–Crippen LogP) is 3.58. The van der Waals surface area contributed by atoms with E-state index in [1.165, 1.54) is 12.1 Å². The van der Waals surface area contributed by atoms with Gasteiger partial charge in [0.25, 0.3) is 11.6 Å². The Morgan fingerprint density at radius 2 is 2.11 bits per heavy atom. The molecule has 0 saturated carbocycles. The molecule has 10 heteroatoms. The summed E-state index contributed by atoms with van der Waals surface area (Å²) in [5.41, 5.74) is 0.582. The summed E-state index contributed by atoms with van der Waals surface area (Å²) in [5, 5.41) is 23.6. The monoisotopic (exact) mass is 404 g/mol. The molecule has 0 radical (unpaired) electrons. The van der Waals surface area contributed by atoms with Gasteiger partial charge >= 0.3 is 0 Å². The SMILES string of the molecule is O=C(NCCOc1ccc(-c2cccs2)nn1)c1cc([N+](=O)[O-])ccc1Cl. The largest absolute Gasteiger partial charge is 0.475 e. The minimum Gasteiger partial charge on any atom is -0.475 e. The number of rotatable bonds is 7. The third-order valence-corrected chi connectivity index (χ3v) is 4.68. The summed E-state index contributed by atoms with van der Waals surface area (Å²) < 4.78 is 5.43. The van der Waals surface area contributed by atoms with Crippen molar-refractivity contribution in [2.75, 3.05) is 13.2 Å². The van der Waals surface area contributed by atoms with Crippen molar-refractivity contribution in [1.29, 1.82) is 0 Å². The van der Waals surface area contributed by atoms with Crippen molar-refractivity contribution in [2.24, 2.45) is 0 Å². The minimum absolute atomic E-state index is 0.0333. The predicted molar refractivity (Wildman–Crippen MR) is 101 cm³/mol. The number of non-ortho nitro benzene ring substituents is 1. The maximum atomic E-state index is 12.1. The molecular formula is C17H13ClN4O4S. The lowest BCUT2D eigenvalue weighted by Crippen LogP contribution is -2.28. The molecule has 1 aromatic carbocycles.